The Morgan fingerprint density at radius 1 is 1.09 bits per heavy atom. The van der Waals surface area contributed by atoms with Crippen molar-refractivity contribution in [1.82, 2.24) is 20.0 Å². The number of aryl methyl sites for hydroxylation is 1. The molecule has 174 valence electrons. The zero-order chi connectivity index (χ0) is 23.3. The number of carbonyl (C=O) groups excluding carboxylic acids is 3. The summed E-state index contributed by atoms with van der Waals surface area (Å²) < 4.78 is 5.40. The van der Waals surface area contributed by atoms with E-state index in [1.54, 1.807) is 14.0 Å². The van der Waals surface area contributed by atoms with E-state index in [4.69, 9.17) is 4.74 Å². The van der Waals surface area contributed by atoms with Crippen molar-refractivity contribution in [3.8, 4) is 0 Å². The molecule has 8 nitrogen and oxygen atoms in total. The Hall–Kier alpha value is -2.87. The number of urea groups is 1. The standard InChI is InChI=1S/C24H34N4O4/c1-5-20(29)28-13-7-12-27(14-15-28)16-19-21(23(30)32-6-2)22(25-24(31)26(19)4)18-10-8-17(3)9-11-18/h8-11,22H,5-7,12-16H2,1-4H3,(H,25,31). The normalized spacial score (nSPS) is 20.1. The molecule has 2 aliphatic heterocycles. The number of likely N-dealkylation sites (N-methyl/N-ethyl adjacent to an activating group) is 1. The Balaban J connectivity index is 1.94. The summed E-state index contributed by atoms with van der Waals surface area (Å²) in [5, 5.41) is 2.96. The van der Waals surface area contributed by atoms with Crippen molar-refractivity contribution in [2.45, 2.75) is 39.7 Å². The van der Waals surface area contributed by atoms with Gasteiger partial charge in [-0.05, 0) is 25.8 Å². The number of hydrogen-bond donors (Lipinski definition) is 1. The van der Waals surface area contributed by atoms with Crippen molar-refractivity contribution in [2.24, 2.45) is 0 Å². The van der Waals surface area contributed by atoms with Gasteiger partial charge in [0.1, 0.15) is 0 Å². The van der Waals surface area contributed by atoms with Crippen molar-refractivity contribution in [3.63, 3.8) is 0 Å². The second-order valence-electron chi connectivity index (χ2n) is 8.30. The van der Waals surface area contributed by atoms with E-state index < -0.39 is 12.0 Å². The van der Waals surface area contributed by atoms with Gasteiger partial charge in [-0.3, -0.25) is 14.6 Å². The molecule has 3 rings (SSSR count). The molecule has 1 aromatic carbocycles. The number of carbonyl (C=O) groups is 3. The van der Waals surface area contributed by atoms with E-state index in [0.29, 0.717) is 37.3 Å². The van der Waals surface area contributed by atoms with Crippen LogP contribution in [0.4, 0.5) is 4.79 Å². The van der Waals surface area contributed by atoms with E-state index in [9.17, 15) is 14.4 Å². The van der Waals surface area contributed by atoms with Gasteiger partial charge in [-0.15, -0.1) is 0 Å². The molecule has 0 spiro atoms. The lowest BCUT2D eigenvalue weighted by Gasteiger charge is -2.36. The van der Waals surface area contributed by atoms with Gasteiger partial charge in [0.25, 0.3) is 0 Å². The summed E-state index contributed by atoms with van der Waals surface area (Å²) in [7, 11) is 1.68. The zero-order valence-electron chi connectivity index (χ0n) is 19.5. The van der Waals surface area contributed by atoms with Crippen LogP contribution in [0.3, 0.4) is 0 Å². The lowest BCUT2D eigenvalue weighted by Crippen LogP contribution is -2.49. The average molecular weight is 443 g/mol. The van der Waals surface area contributed by atoms with Crippen LogP contribution in [0.1, 0.15) is 43.9 Å². The van der Waals surface area contributed by atoms with Gasteiger partial charge >= 0.3 is 12.0 Å². The molecule has 0 saturated carbocycles. The number of amides is 3. The maximum absolute atomic E-state index is 13.1. The predicted molar refractivity (Wildman–Crippen MR) is 122 cm³/mol. The zero-order valence-corrected chi connectivity index (χ0v) is 19.5. The highest BCUT2D eigenvalue weighted by atomic mass is 16.5. The Morgan fingerprint density at radius 3 is 2.47 bits per heavy atom. The van der Waals surface area contributed by atoms with E-state index in [2.05, 4.69) is 10.2 Å². The van der Waals surface area contributed by atoms with E-state index in [1.165, 1.54) is 4.90 Å². The molecule has 1 aromatic rings. The van der Waals surface area contributed by atoms with E-state index >= 15 is 0 Å². The van der Waals surface area contributed by atoms with Gasteiger partial charge in [0.15, 0.2) is 0 Å². The molecule has 1 saturated heterocycles. The van der Waals surface area contributed by atoms with E-state index in [-0.39, 0.29) is 18.5 Å². The third-order valence-electron chi connectivity index (χ3n) is 6.10. The molecule has 1 fully saturated rings. The summed E-state index contributed by atoms with van der Waals surface area (Å²) in [4.78, 5) is 43.6. The average Bonchev–Trinajstić information content (AvgIpc) is 3.02. The molecule has 0 aromatic heterocycles. The van der Waals surface area contributed by atoms with Crippen molar-refractivity contribution in [3.05, 3.63) is 46.7 Å². The van der Waals surface area contributed by atoms with Crippen molar-refractivity contribution < 1.29 is 19.1 Å². The summed E-state index contributed by atoms with van der Waals surface area (Å²) in [5.74, 6) is -0.260. The van der Waals surface area contributed by atoms with E-state index in [0.717, 1.165) is 30.6 Å². The fourth-order valence-electron chi connectivity index (χ4n) is 4.22. The number of esters is 1. The Kier molecular flexibility index (Phi) is 7.90. The fraction of sp³-hybridized carbons (Fsp3) is 0.542. The van der Waals surface area contributed by atoms with Gasteiger partial charge in [0, 0.05) is 51.9 Å². The number of benzene rings is 1. The van der Waals surface area contributed by atoms with Gasteiger partial charge in [-0.1, -0.05) is 36.8 Å². The molecular weight excluding hydrogens is 408 g/mol. The molecule has 1 unspecified atom stereocenters. The number of hydrogen-bond acceptors (Lipinski definition) is 5. The monoisotopic (exact) mass is 442 g/mol. The molecule has 3 amide bonds. The van der Waals surface area contributed by atoms with Crippen molar-refractivity contribution in [2.75, 3.05) is 46.4 Å². The van der Waals surface area contributed by atoms with Crippen LogP contribution in [-0.2, 0) is 14.3 Å². The summed E-state index contributed by atoms with van der Waals surface area (Å²) in [6.07, 6.45) is 1.35. The molecule has 0 bridgehead atoms. The fourth-order valence-corrected chi connectivity index (χ4v) is 4.22. The minimum absolute atomic E-state index is 0.159. The highest BCUT2D eigenvalue weighted by Gasteiger charge is 2.37. The van der Waals surface area contributed by atoms with Crippen LogP contribution in [0.25, 0.3) is 0 Å². The molecule has 8 heteroatoms. The van der Waals surface area contributed by atoms with E-state index in [1.807, 2.05) is 43.0 Å². The minimum atomic E-state index is -0.571. The van der Waals surface area contributed by atoms with Crippen LogP contribution in [0.5, 0.6) is 0 Å². The highest BCUT2D eigenvalue weighted by molar-refractivity contribution is 5.95. The van der Waals surface area contributed by atoms with Crippen molar-refractivity contribution >= 4 is 17.9 Å². The van der Waals surface area contributed by atoms with Crippen LogP contribution in [0.2, 0.25) is 0 Å². The first-order valence-electron chi connectivity index (χ1n) is 11.4. The molecule has 2 aliphatic rings. The second kappa shape index (κ2) is 10.6. The second-order valence-corrected chi connectivity index (χ2v) is 8.30. The Labute approximate surface area is 190 Å². The van der Waals surface area contributed by atoms with Crippen LogP contribution >= 0.6 is 0 Å². The quantitative estimate of drug-likeness (QED) is 0.685. The van der Waals surface area contributed by atoms with Crippen LogP contribution in [0.15, 0.2) is 35.5 Å². The summed E-state index contributed by atoms with van der Waals surface area (Å²) in [6.45, 7) is 9.20. The van der Waals surface area contributed by atoms with Crippen LogP contribution in [0, 0.1) is 6.92 Å². The SMILES string of the molecule is CCOC(=O)C1=C(CN2CCCN(C(=O)CC)CC2)N(C)C(=O)NC1c1ccc(C)cc1. The summed E-state index contributed by atoms with van der Waals surface area (Å²) >= 11 is 0. The molecular formula is C24H34N4O4. The molecule has 0 radical (unpaired) electrons. The van der Waals surface area contributed by atoms with Crippen molar-refractivity contribution in [1.29, 1.82) is 0 Å². The number of ether oxygens (including phenoxy) is 1. The Morgan fingerprint density at radius 2 is 1.81 bits per heavy atom. The Bertz CT molecular complexity index is 880. The topological polar surface area (TPSA) is 82.2 Å². The first kappa shape index (κ1) is 23.8. The van der Waals surface area contributed by atoms with Crippen LogP contribution in [-0.4, -0.2) is 79.0 Å². The number of nitrogens with zero attached hydrogens (tertiary/aromatic N) is 3. The molecule has 2 heterocycles. The first-order valence-corrected chi connectivity index (χ1v) is 11.4. The summed E-state index contributed by atoms with van der Waals surface area (Å²) in [5.41, 5.74) is 3.05. The number of nitrogens with one attached hydrogen (secondary N) is 1. The molecule has 0 aliphatic carbocycles. The highest BCUT2D eigenvalue weighted by Crippen LogP contribution is 2.31. The molecule has 32 heavy (non-hydrogen) atoms. The van der Waals surface area contributed by atoms with Gasteiger partial charge in [0.2, 0.25) is 5.91 Å². The maximum Gasteiger partial charge on any atom is 0.338 e. The van der Waals surface area contributed by atoms with Gasteiger partial charge in [-0.2, -0.15) is 0 Å². The molecule has 1 N–H and O–H groups in total. The summed E-state index contributed by atoms with van der Waals surface area (Å²) in [6, 6.07) is 6.98. The lowest BCUT2D eigenvalue weighted by atomic mass is 9.93. The largest absolute Gasteiger partial charge is 0.463 e. The smallest absolute Gasteiger partial charge is 0.338 e. The third kappa shape index (κ3) is 5.30. The lowest BCUT2D eigenvalue weighted by molar-refractivity contribution is -0.139. The van der Waals surface area contributed by atoms with Gasteiger partial charge in [-0.25, -0.2) is 9.59 Å². The minimum Gasteiger partial charge on any atom is -0.463 e. The van der Waals surface area contributed by atoms with Gasteiger partial charge < -0.3 is 15.0 Å². The third-order valence-corrected chi connectivity index (χ3v) is 6.10. The molecule has 1 atom stereocenters. The number of rotatable bonds is 6. The first-order chi connectivity index (χ1) is 15.3. The van der Waals surface area contributed by atoms with Crippen LogP contribution < -0.4 is 5.32 Å². The predicted octanol–water partition coefficient (Wildman–Crippen LogP) is 2.45. The maximum atomic E-state index is 13.1. The van der Waals surface area contributed by atoms with Gasteiger partial charge in [0.05, 0.1) is 18.2 Å².